The Bertz CT molecular complexity index is 275. The lowest BCUT2D eigenvalue weighted by Gasteiger charge is -1.96. The van der Waals surface area contributed by atoms with Crippen LogP contribution in [0.5, 0.6) is 0 Å². The first-order valence-electron chi connectivity index (χ1n) is 4.27. The van der Waals surface area contributed by atoms with Crippen LogP contribution in [-0.4, -0.2) is 17.1 Å². The van der Waals surface area contributed by atoms with Crippen molar-refractivity contribution in [1.82, 2.24) is 4.57 Å². The first-order chi connectivity index (χ1) is 6.33. The van der Waals surface area contributed by atoms with Crippen molar-refractivity contribution in [2.45, 2.75) is 13.5 Å². The third-order valence-corrected chi connectivity index (χ3v) is 1.52. The number of allylic oxidation sites excluding steroid dienone is 1. The maximum absolute atomic E-state index is 10.9. The van der Waals surface area contributed by atoms with Crippen molar-refractivity contribution < 1.29 is 9.53 Å². The fourth-order valence-corrected chi connectivity index (χ4v) is 0.953. The summed E-state index contributed by atoms with van der Waals surface area (Å²) in [7, 11) is 0. The van der Waals surface area contributed by atoms with Crippen LogP contribution in [-0.2, 0) is 16.1 Å². The zero-order chi connectivity index (χ0) is 9.52. The molecular weight excluding hydrogens is 166 g/mol. The number of esters is 1. The Kier molecular flexibility index (Phi) is 3.82. The van der Waals surface area contributed by atoms with Crippen molar-refractivity contribution in [2.24, 2.45) is 0 Å². The highest BCUT2D eigenvalue weighted by Gasteiger charge is 1.91. The average Bonchev–Trinajstić information content (AvgIpc) is 2.57. The van der Waals surface area contributed by atoms with Crippen LogP contribution in [0.15, 0.2) is 36.7 Å². The van der Waals surface area contributed by atoms with E-state index in [-0.39, 0.29) is 5.97 Å². The molecule has 70 valence electrons. The molecule has 0 aromatic carbocycles. The van der Waals surface area contributed by atoms with Crippen LogP contribution in [0.3, 0.4) is 0 Å². The molecule has 0 fully saturated rings. The highest BCUT2D eigenvalue weighted by Crippen LogP contribution is 1.90. The second-order valence-electron chi connectivity index (χ2n) is 2.53. The fourth-order valence-electron chi connectivity index (χ4n) is 0.953. The van der Waals surface area contributed by atoms with Crippen molar-refractivity contribution in [3.05, 3.63) is 36.7 Å². The van der Waals surface area contributed by atoms with Gasteiger partial charge in [0.15, 0.2) is 0 Å². The minimum Gasteiger partial charge on any atom is -0.463 e. The summed E-state index contributed by atoms with van der Waals surface area (Å²) in [5.41, 5.74) is 0. The van der Waals surface area contributed by atoms with Crippen molar-refractivity contribution in [2.75, 3.05) is 6.61 Å². The molecule has 0 unspecified atom stereocenters. The van der Waals surface area contributed by atoms with Gasteiger partial charge >= 0.3 is 5.97 Å². The summed E-state index contributed by atoms with van der Waals surface area (Å²) in [6, 6.07) is 3.89. The molecule has 0 aliphatic heterocycles. The molecule has 3 heteroatoms. The molecular formula is C10H13NO2. The van der Waals surface area contributed by atoms with Crippen LogP contribution < -0.4 is 0 Å². The number of carbonyl (C=O) groups excluding carboxylic acids is 1. The summed E-state index contributed by atoms with van der Waals surface area (Å²) in [4.78, 5) is 10.9. The molecule has 1 heterocycles. The Morgan fingerprint density at radius 1 is 1.46 bits per heavy atom. The van der Waals surface area contributed by atoms with Gasteiger partial charge in [0, 0.05) is 25.0 Å². The van der Waals surface area contributed by atoms with Gasteiger partial charge in [-0.05, 0) is 19.1 Å². The Labute approximate surface area is 77.6 Å². The lowest BCUT2D eigenvalue weighted by molar-refractivity contribution is -0.137. The number of nitrogens with zero attached hydrogens (tertiary/aromatic N) is 1. The van der Waals surface area contributed by atoms with Gasteiger partial charge < -0.3 is 9.30 Å². The summed E-state index contributed by atoms with van der Waals surface area (Å²) in [6.45, 7) is 2.91. The Hall–Kier alpha value is -1.51. The number of hydrogen-bond donors (Lipinski definition) is 0. The summed E-state index contributed by atoms with van der Waals surface area (Å²) >= 11 is 0. The molecule has 0 spiro atoms. The van der Waals surface area contributed by atoms with Crippen molar-refractivity contribution in [3.63, 3.8) is 0 Å². The molecule has 3 nitrogen and oxygen atoms in total. The second-order valence-corrected chi connectivity index (χ2v) is 2.53. The van der Waals surface area contributed by atoms with Crippen molar-refractivity contribution in [3.8, 4) is 0 Å². The number of rotatable bonds is 4. The van der Waals surface area contributed by atoms with Gasteiger partial charge in [0.25, 0.3) is 0 Å². The molecule has 0 aliphatic rings. The molecule has 1 aromatic rings. The zero-order valence-electron chi connectivity index (χ0n) is 7.64. The van der Waals surface area contributed by atoms with Gasteiger partial charge in [-0.1, -0.05) is 6.08 Å². The molecule has 1 rings (SSSR count). The largest absolute Gasteiger partial charge is 0.463 e. The highest BCUT2D eigenvalue weighted by molar-refractivity contribution is 5.81. The third kappa shape index (κ3) is 3.60. The topological polar surface area (TPSA) is 31.2 Å². The van der Waals surface area contributed by atoms with Gasteiger partial charge in [-0.3, -0.25) is 0 Å². The number of ether oxygens (including phenoxy) is 1. The van der Waals surface area contributed by atoms with Crippen LogP contribution in [0.1, 0.15) is 6.92 Å². The lowest BCUT2D eigenvalue weighted by atomic mass is 10.5. The third-order valence-electron chi connectivity index (χ3n) is 1.52. The van der Waals surface area contributed by atoms with Gasteiger partial charge in [-0.25, -0.2) is 4.79 Å². The number of aromatic nitrogens is 1. The average molecular weight is 179 g/mol. The van der Waals surface area contributed by atoms with Crippen molar-refractivity contribution >= 4 is 5.97 Å². The predicted octanol–water partition coefficient (Wildman–Crippen LogP) is 1.61. The van der Waals surface area contributed by atoms with Gasteiger partial charge in [0.1, 0.15) is 0 Å². The van der Waals surface area contributed by atoms with Gasteiger partial charge in [0.05, 0.1) is 6.61 Å². The molecule has 13 heavy (non-hydrogen) atoms. The second kappa shape index (κ2) is 5.19. The minimum atomic E-state index is -0.283. The molecule has 0 bridgehead atoms. The van der Waals surface area contributed by atoms with E-state index in [1.54, 1.807) is 13.0 Å². The zero-order valence-corrected chi connectivity index (χ0v) is 7.64. The molecule has 0 saturated carbocycles. The normalized spacial score (nSPS) is 10.5. The van der Waals surface area contributed by atoms with E-state index in [0.29, 0.717) is 13.2 Å². The SMILES string of the molecule is CCOC(=O)/C=C\Cn1cccc1. The van der Waals surface area contributed by atoms with Crippen molar-refractivity contribution in [1.29, 1.82) is 0 Å². The van der Waals surface area contributed by atoms with Crippen LogP contribution >= 0.6 is 0 Å². The van der Waals surface area contributed by atoms with Gasteiger partial charge in [0.2, 0.25) is 0 Å². The summed E-state index contributed by atoms with van der Waals surface area (Å²) in [6.07, 6.45) is 7.10. The summed E-state index contributed by atoms with van der Waals surface area (Å²) in [5, 5.41) is 0. The van der Waals surface area contributed by atoms with Gasteiger partial charge in [-0.15, -0.1) is 0 Å². The fraction of sp³-hybridized carbons (Fsp3) is 0.300. The van der Waals surface area contributed by atoms with Crippen LogP contribution in [0, 0.1) is 0 Å². The van der Waals surface area contributed by atoms with E-state index in [1.165, 1.54) is 6.08 Å². The smallest absolute Gasteiger partial charge is 0.330 e. The molecule has 0 saturated heterocycles. The Balaban J connectivity index is 2.29. The first kappa shape index (κ1) is 9.58. The Morgan fingerprint density at radius 3 is 2.77 bits per heavy atom. The molecule has 0 atom stereocenters. The van der Waals surface area contributed by atoms with E-state index >= 15 is 0 Å². The van der Waals surface area contributed by atoms with E-state index in [9.17, 15) is 4.79 Å². The predicted molar refractivity (Wildman–Crippen MR) is 50.2 cm³/mol. The Morgan fingerprint density at radius 2 is 2.15 bits per heavy atom. The summed E-state index contributed by atoms with van der Waals surface area (Å²) in [5.74, 6) is -0.283. The minimum absolute atomic E-state index is 0.283. The monoisotopic (exact) mass is 179 g/mol. The molecule has 0 N–H and O–H groups in total. The van der Waals surface area contributed by atoms with E-state index in [1.807, 2.05) is 29.1 Å². The molecule has 0 aliphatic carbocycles. The first-order valence-corrected chi connectivity index (χ1v) is 4.27. The number of hydrogen-bond acceptors (Lipinski definition) is 2. The summed E-state index contributed by atoms with van der Waals surface area (Å²) < 4.78 is 6.69. The maximum atomic E-state index is 10.9. The molecule has 0 radical (unpaired) electrons. The number of carbonyl (C=O) groups is 1. The van der Waals surface area contributed by atoms with Crippen LogP contribution in [0.4, 0.5) is 0 Å². The van der Waals surface area contributed by atoms with Crippen LogP contribution in [0.2, 0.25) is 0 Å². The quantitative estimate of drug-likeness (QED) is 0.519. The standard InChI is InChI=1S/C10H13NO2/c1-2-13-10(12)6-5-9-11-7-3-4-8-11/h3-8H,2,9H2,1H3/b6-5-. The van der Waals surface area contributed by atoms with E-state index in [4.69, 9.17) is 4.74 Å². The van der Waals surface area contributed by atoms with Gasteiger partial charge in [-0.2, -0.15) is 0 Å². The lowest BCUT2D eigenvalue weighted by Crippen LogP contribution is -1.99. The van der Waals surface area contributed by atoms with Crippen LogP contribution in [0.25, 0.3) is 0 Å². The molecule has 0 amide bonds. The molecule has 1 aromatic heterocycles. The van der Waals surface area contributed by atoms with E-state index in [0.717, 1.165) is 0 Å². The van der Waals surface area contributed by atoms with E-state index in [2.05, 4.69) is 0 Å². The van der Waals surface area contributed by atoms with E-state index < -0.39 is 0 Å². The highest BCUT2D eigenvalue weighted by atomic mass is 16.5. The maximum Gasteiger partial charge on any atom is 0.330 e.